The summed E-state index contributed by atoms with van der Waals surface area (Å²) in [5.41, 5.74) is 1.40. The van der Waals surface area contributed by atoms with E-state index in [1.807, 2.05) is 11.3 Å². The van der Waals surface area contributed by atoms with Crippen LogP contribution in [-0.2, 0) is 13.0 Å². The van der Waals surface area contributed by atoms with Gasteiger partial charge in [-0.1, -0.05) is 0 Å². The van der Waals surface area contributed by atoms with Crippen molar-refractivity contribution in [1.82, 2.24) is 15.5 Å². The minimum Gasteiger partial charge on any atom is -0.423 e. The highest BCUT2D eigenvalue weighted by molar-refractivity contribution is 7.10. The highest BCUT2D eigenvalue weighted by Gasteiger charge is 2.27. The maximum Gasteiger partial charge on any atom is 0.230 e. The highest BCUT2D eigenvalue weighted by Crippen LogP contribution is 2.38. The molecule has 4 rings (SSSR count). The molecule has 4 nitrogen and oxygen atoms in total. The van der Waals surface area contributed by atoms with Gasteiger partial charge in [0, 0.05) is 10.9 Å². The van der Waals surface area contributed by atoms with Crippen LogP contribution in [0, 0.1) is 0 Å². The van der Waals surface area contributed by atoms with Crippen LogP contribution in [0.2, 0.25) is 0 Å². The van der Waals surface area contributed by atoms with Crippen LogP contribution in [0.25, 0.3) is 0 Å². The molecule has 1 fully saturated rings. The van der Waals surface area contributed by atoms with Crippen LogP contribution < -0.4 is 5.32 Å². The summed E-state index contributed by atoms with van der Waals surface area (Å²) in [4.78, 5) is 1.49. The van der Waals surface area contributed by atoms with Crippen LogP contribution in [0.3, 0.4) is 0 Å². The number of hydrogen-bond donors (Lipinski definition) is 1. The Morgan fingerprint density at radius 2 is 2.26 bits per heavy atom. The summed E-state index contributed by atoms with van der Waals surface area (Å²) in [5.74, 6) is 1.84. The van der Waals surface area contributed by atoms with Crippen LogP contribution in [0.1, 0.15) is 53.8 Å². The summed E-state index contributed by atoms with van der Waals surface area (Å²) in [5, 5.41) is 14.0. The van der Waals surface area contributed by atoms with E-state index >= 15 is 0 Å². The molecule has 0 radical (unpaired) electrons. The van der Waals surface area contributed by atoms with Gasteiger partial charge in [-0.3, -0.25) is 0 Å². The molecule has 0 saturated heterocycles. The van der Waals surface area contributed by atoms with Crippen LogP contribution >= 0.6 is 11.3 Å². The summed E-state index contributed by atoms with van der Waals surface area (Å²) < 4.78 is 5.85. The van der Waals surface area contributed by atoms with E-state index in [-0.39, 0.29) is 0 Å². The number of aromatic nitrogens is 2. The minimum atomic E-state index is 0.317. The second-order valence-corrected chi connectivity index (χ2v) is 6.43. The maximum absolute atomic E-state index is 5.85. The number of nitrogens with zero attached hydrogens (tertiary/aromatic N) is 2. The second kappa shape index (κ2) is 4.72. The van der Waals surface area contributed by atoms with Crippen LogP contribution in [0.15, 0.2) is 15.9 Å². The lowest BCUT2D eigenvalue weighted by atomic mass is 9.88. The lowest BCUT2D eigenvalue weighted by Gasteiger charge is -2.18. The lowest BCUT2D eigenvalue weighted by molar-refractivity contribution is 0.403. The van der Waals surface area contributed by atoms with E-state index < -0.39 is 0 Å². The Bertz CT molecular complexity index is 573. The molecule has 2 aromatic rings. The molecular weight excluding hydrogens is 258 g/mol. The largest absolute Gasteiger partial charge is 0.423 e. The summed E-state index contributed by atoms with van der Waals surface area (Å²) >= 11 is 1.85. The summed E-state index contributed by atoms with van der Waals surface area (Å²) in [7, 11) is 0. The average Bonchev–Trinajstić information content (AvgIpc) is 2.96. The fraction of sp³-hybridized carbons (Fsp3) is 0.571. The molecular formula is C14H17N3OS. The van der Waals surface area contributed by atoms with Crippen molar-refractivity contribution in [2.24, 2.45) is 0 Å². The van der Waals surface area contributed by atoms with Crippen molar-refractivity contribution < 1.29 is 4.42 Å². The SMILES string of the molecule is c1cc2c(s1)CCCC2c1nnc(CNC2CC2)o1. The van der Waals surface area contributed by atoms with Gasteiger partial charge in [0.05, 0.1) is 12.5 Å². The fourth-order valence-corrected chi connectivity index (χ4v) is 3.73. The van der Waals surface area contributed by atoms with Gasteiger partial charge in [-0.2, -0.15) is 0 Å². The first-order chi connectivity index (χ1) is 9.40. The van der Waals surface area contributed by atoms with Crippen molar-refractivity contribution in [2.45, 2.75) is 50.6 Å². The molecule has 0 aromatic carbocycles. The van der Waals surface area contributed by atoms with Gasteiger partial charge in [0.2, 0.25) is 11.8 Å². The third kappa shape index (κ3) is 2.32. The van der Waals surface area contributed by atoms with Crippen molar-refractivity contribution in [2.75, 3.05) is 0 Å². The Kier molecular flexibility index (Phi) is 2.89. The molecule has 2 aliphatic carbocycles. The standard InChI is InChI=1S/C14H17N3OS/c1-2-11(10-6-7-19-12(10)3-1)14-17-16-13(18-14)8-15-9-4-5-9/h6-7,9,11,15H,1-5,8H2. The molecule has 2 aromatic heterocycles. The monoisotopic (exact) mass is 275 g/mol. The number of thiophene rings is 1. The quantitative estimate of drug-likeness (QED) is 0.932. The summed E-state index contributed by atoms with van der Waals surface area (Å²) in [6.07, 6.45) is 6.11. The Labute approximate surface area is 116 Å². The maximum atomic E-state index is 5.85. The number of rotatable bonds is 4. The van der Waals surface area contributed by atoms with Crippen molar-refractivity contribution in [3.05, 3.63) is 33.7 Å². The first-order valence-electron chi connectivity index (χ1n) is 7.02. The van der Waals surface area contributed by atoms with Gasteiger partial charge in [-0.15, -0.1) is 21.5 Å². The molecule has 1 atom stereocenters. The summed E-state index contributed by atoms with van der Waals surface area (Å²) in [6, 6.07) is 2.89. The molecule has 1 N–H and O–H groups in total. The summed E-state index contributed by atoms with van der Waals surface area (Å²) in [6.45, 7) is 0.709. The van der Waals surface area contributed by atoms with Gasteiger partial charge >= 0.3 is 0 Å². The Morgan fingerprint density at radius 3 is 3.16 bits per heavy atom. The fourth-order valence-electron chi connectivity index (χ4n) is 2.74. The average molecular weight is 275 g/mol. The first-order valence-corrected chi connectivity index (χ1v) is 7.90. The Hall–Kier alpha value is -1.20. The Morgan fingerprint density at radius 1 is 1.32 bits per heavy atom. The van der Waals surface area contributed by atoms with E-state index in [0.717, 1.165) is 18.2 Å². The number of aryl methyl sites for hydroxylation is 1. The molecule has 100 valence electrons. The van der Waals surface area contributed by atoms with E-state index in [2.05, 4.69) is 27.0 Å². The van der Waals surface area contributed by atoms with E-state index in [9.17, 15) is 0 Å². The van der Waals surface area contributed by atoms with Gasteiger partial charge in [0.15, 0.2) is 0 Å². The number of fused-ring (bicyclic) bond motifs is 1. The van der Waals surface area contributed by atoms with Crippen molar-refractivity contribution in [3.63, 3.8) is 0 Å². The van der Waals surface area contributed by atoms with Gasteiger partial charge < -0.3 is 9.73 Å². The second-order valence-electron chi connectivity index (χ2n) is 5.43. The molecule has 0 aliphatic heterocycles. The predicted molar refractivity (Wildman–Crippen MR) is 73.3 cm³/mol. The van der Waals surface area contributed by atoms with Crippen molar-refractivity contribution >= 4 is 11.3 Å². The smallest absolute Gasteiger partial charge is 0.230 e. The van der Waals surface area contributed by atoms with Gasteiger partial charge in [0.1, 0.15) is 0 Å². The molecule has 0 amide bonds. The normalized spacial score (nSPS) is 22.4. The molecule has 5 heteroatoms. The number of hydrogen-bond acceptors (Lipinski definition) is 5. The third-order valence-corrected chi connectivity index (χ3v) is 4.95. The predicted octanol–water partition coefficient (Wildman–Crippen LogP) is 2.85. The van der Waals surface area contributed by atoms with E-state index in [1.165, 1.54) is 36.1 Å². The molecule has 2 heterocycles. The Balaban J connectivity index is 1.53. The molecule has 1 unspecified atom stereocenters. The minimum absolute atomic E-state index is 0.317. The van der Waals surface area contributed by atoms with Crippen molar-refractivity contribution in [3.8, 4) is 0 Å². The van der Waals surface area contributed by atoms with Crippen molar-refractivity contribution in [1.29, 1.82) is 0 Å². The topological polar surface area (TPSA) is 51.0 Å². The van der Waals surface area contributed by atoms with Crippen LogP contribution in [0.5, 0.6) is 0 Å². The van der Waals surface area contributed by atoms with Crippen LogP contribution in [0.4, 0.5) is 0 Å². The van der Waals surface area contributed by atoms with Crippen LogP contribution in [-0.4, -0.2) is 16.2 Å². The zero-order chi connectivity index (χ0) is 12.7. The van der Waals surface area contributed by atoms with E-state index in [0.29, 0.717) is 18.5 Å². The molecule has 0 spiro atoms. The van der Waals surface area contributed by atoms with Gasteiger partial charge in [-0.25, -0.2) is 0 Å². The van der Waals surface area contributed by atoms with E-state index in [1.54, 1.807) is 0 Å². The molecule has 1 saturated carbocycles. The van der Waals surface area contributed by atoms with Gasteiger partial charge in [0.25, 0.3) is 0 Å². The highest BCUT2D eigenvalue weighted by atomic mass is 32.1. The van der Waals surface area contributed by atoms with E-state index in [4.69, 9.17) is 4.42 Å². The molecule has 2 aliphatic rings. The first kappa shape index (κ1) is 11.6. The third-order valence-electron chi connectivity index (χ3n) is 3.95. The lowest BCUT2D eigenvalue weighted by Crippen LogP contribution is -2.15. The zero-order valence-corrected chi connectivity index (χ0v) is 11.6. The molecule has 0 bridgehead atoms. The molecule has 19 heavy (non-hydrogen) atoms. The zero-order valence-electron chi connectivity index (χ0n) is 10.8. The van der Waals surface area contributed by atoms with Gasteiger partial charge in [-0.05, 0) is 49.1 Å². The number of nitrogens with one attached hydrogen (secondary N) is 1.